The molecule has 1 amide bonds. The van der Waals surface area contributed by atoms with Gasteiger partial charge in [0.2, 0.25) is 5.91 Å². The molecule has 23 heavy (non-hydrogen) atoms. The van der Waals surface area contributed by atoms with Gasteiger partial charge in [-0.1, -0.05) is 17.8 Å². The fourth-order valence-corrected chi connectivity index (χ4v) is 3.87. The molecule has 0 aliphatic heterocycles. The molecule has 0 saturated carbocycles. The van der Waals surface area contributed by atoms with Crippen LogP contribution in [0, 0.1) is 18.3 Å². The van der Waals surface area contributed by atoms with Crippen molar-refractivity contribution in [3.63, 3.8) is 0 Å². The summed E-state index contributed by atoms with van der Waals surface area (Å²) in [6, 6.07) is 8.13. The van der Waals surface area contributed by atoms with E-state index in [1.807, 2.05) is 44.4 Å². The number of thiophene rings is 1. The largest absolute Gasteiger partial charge is 0.343 e. The zero-order valence-corrected chi connectivity index (χ0v) is 15.1. The van der Waals surface area contributed by atoms with Crippen LogP contribution in [-0.4, -0.2) is 34.6 Å². The Hall–Kier alpha value is -1.84. The van der Waals surface area contributed by atoms with Gasteiger partial charge in [0.1, 0.15) is 11.1 Å². The van der Waals surface area contributed by atoms with E-state index >= 15 is 0 Å². The predicted octanol–water partition coefficient (Wildman–Crippen LogP) is 3.95. The number of hydrogen-bond donors (Lipinski definition) is 0. The Balaban J connectivity index is 2.26. The molecule has 0 spiro atoms. The zero-order valence-electron chi connectivity index (χ0n) is 13.5. The van der Waals surface area contributed by atoms with Crippen molar-refractivity contribution >= 4 is 29.0 Å². The molecule has 2 heterocycles. The topological polar surface area (TPSA) is 57.0 Å². The van der Waals surface area contributed by atoms with Gasteiger partial charge in [0.15, 0.2) is 0 Å². The second kappa shape index (κ2) is 8.14. The quantitative estimate of drug-likeness (QED) is 0.744. The minimum Gasteiger partial charge on any atom is -0.343 e. The summed E-state index contributed by atoms with van der Waals surface area (Å²) in [6.07, 6.45) is 0. The van der Waals surface area contributed by atoms with Crippen LogP contribution in [0.25, 0.3) is 10.6 Å². The lowest BCUT2D eigenvalue weighted by Crippen LogP contribution is -2.31. The first kappa shape index (κ1) is 17.5. The third-order valence-corrected chi connectivity index (χ3v) is 5.37. The van der Waals surface area contributed by atoms with Crippen molar-refractivity contribution < 1.29 is 4.79 Å². The summed E-state index contributed by atoms with van der Waals surface area (Å²) in [5.41, 5.74) is 2.31. The molecule has 0 saturated heterocycles. The summed E-state index contributed by atoms with van der Waals surface area (Å²) >= 11 is 2.96. The number of carbonyl (C=O) groups is 1. The Labute approximate surface area is 145 Å². The number of aromatic nitrogens is 1. The molecular weight excluding hydrogens is 326 g/mol. The molecule has 0 aliphatic rings. The standard InChI is InChI=1S/C17H19N3OS2/c1-4-20(5-2)16(21)11-23-17-13(10-18)12(3)9-14(19-17)15-7-6-8-22-15/h6-9H,4-5,11H2,1-3H3. The minimum absolute atomic E-state index is 0.0740. The summed E-state index contributed by atoms with van der Waals surface area (Å²) in [5, 5.41) is 12.0. The maximum Gasteiger partial charge on any atom is 0.232 e. The number of nitrogens with zero attached hydrogens (tertiary/aromatic N) is 3. The van der Waals surface area contributed by atoms with Crippen LogP contribution in [0.4, 0.5) is 0 Å². The number of thioether (sulfide) groups is 1. The number of hydrogen-bond acceptors (Lipinski definition) is 5. The van der Waals surface area contributed by atoms with Crippen LogP contribution in [0.2, 0.25) is 0 Å². The summed E-state index contributed by atoms with van der Waals surface area (Å²) < 4.78 is 0. The van der Waals surface area contributed by atoms with E-state index in [1.165, 1.54) is 11.8 Å². The van der Waals surface area contributed by atoms with Gasteiger partial charge in [0.05, 0.1) is 21.9 Å². The van der Waals surface area contributed by atoms with Crippen molar-refractivity contribution in [2.45, 2.75) is 25.8 Å². The predicted molar refractivity (Wildman–Crippen MR) is 95.7 cm³/mol. The van der Waals surface area contributed by atoms with Crippen LogP contribution >= 0.6 is 23.1 Å². The Morgan fingerprint density at radius 2 is 2.17 bits per heavy atom. The number of carbonyl (C=O) groups excluding carboxylic acids is 1. The molecule has 2 rings (SSSR count). The zero-order chi connectivity index (χ0) is 16.8. The lowest BCUT2D eigenvalue weighted by Gasteiger charge is -2.18. The summed E-state index contributed by atoms with van der Waals surface area (Å²) in [6.45, 7) is 7.23. The molecule has 0 N–H and O–H groups in total. The Morgan fingerprint density at radius 3 is 2.74 bits per heavy atom. The van der Waals surface area contributed by atoms with Crippen LogP contribution in [0.5, 0.6) is 0 Å². The SMILES string of the molecule is CCN(CC)C(=O)CSc1nc(-c2cccs2)cc(C)c1C#N. The molecule has 6 heteroatoms. The van der Waals surface area contributed by atoms with Gasteiger partial charge >= 0.3 is 0 Å². The van der Waals surface area contributed by atoms with Crippen molar-refractivity contribution in [3.05, 3.63) is 34.7 Å². The maximum absolute atomic E-state index is 12.2. The molecule has 4 nitrogen and oxygen atoms in total. The summed E-state index contributed by atoms with van der Waals surface area (Å²) in [5.74, 6) is 0.376. The van der Waals surface area contributed by atoms with Gasteiger partial charge in [0, 0.05) is 13.1 Å². The average Bonchev–Trinajstić information content (AvgIpc) is 3.08. The summed E-state index contributed by atoms with van der Waals surface area (Å²) in [4.78, 5) is 19.6. The number of rotatable bonds is 6. The van der Waals surface area contributed by atoms with E-state index in [9.17, 15) is 10.1 Å². The molecule has 0 aliphatic carbocycles. The molecule has 0 aromatic carbocycles. The molecule has 0 radical (unpaired) electrons. The van der Waals surface area contributed by atoms with Gasteiger partial charge in [-0.15, -0.1) is 11.3 Å². The van der Waals surface area contributed by atoms with E-state index in [1.54, 1.807) is 16.2 Å². The molecule has 2 aromatic heterocycles. The van der Waals surface area contributed by atoms with E-state index < -0.39 is 0 Å². The highest BCUT2D eigenvalue weighted by Crippen LogP contribution is 2.30. The van der Waals surface area contributed by atoms with Gasteiger partial charge < -0.3 is 4.90 Å². The lowest BCUT2D eigenvalue weighted by molar-refractivity contribution is -0.127. The Kier molecular flexibility index (Phi) is 6.20. The molecule has 2 aromatic rings. The molecule has 0 unspecified atom stereocenters. The molecular formula is C17H19N3OS2. The Morgan fingerprint density at radius 1 is 1.43 bits per heavy atom. The summed E-state index contributed by atoms with van der Waals surface area (Å²) in [7, 11) is 0. The van der Waals surface area contributed by atoms with E-state index in [0.29, 0.717) is 29.4 Å². The van der Waals surface area contributed by atoms with E-state index in [0.717, 1.165) is 16.1 Å². The molecule has 0 atom stereocenters. The van der Waals surface area contributed by atoms with Crippen LogP contribution in [0.1, 0.15) is 25.0 Å². The highest BCUT2D eigenvalue weighted by Gasteiger charge is 2.15. The van der Waals surface area contributed by atoms with Crippen LogP contribution in [0.15, 0.2) is 28.6 Å². The number of aryl methyl sites for hydroxylation is 1. The van der Waals surface area contributed by atoms with Gasteiger partial charge in [0.25, 0.3) is 0 Å². The fourth-order valence-electron chi connectivity index (χ4n) is 2.23. The normalized spacial score (nSPS) is 10.3. The highest BCUT2D eigenvalue weighted by atomic mass is 32.2. The number of pyridine rings is 1. The molecule has 120 valence electrons. The minimum atomic E-state index is 0.0740. The molecule has 0 fully saturated rings. The smallest absolute Gasteiger partial charge is 0.232 e. The first-order chi connectivity index (χ1) is 11.1. The first-order valence-electron chi connectivity index (χ1n) is 7.46. The van der Waals surface area contributed by atoms with Crippen molar-refractivity contribution in [2.24, 2.45) is 0 Å². The first-order valence-corrected chi connectivity index (χ1v) is 9.33. The van der Waals surface area contributed by atoms with Gasteiger partial charge in [-0.3, -0.25) is 4.79 Å². The highest BCUT2D eigenvalue weighted by molar-refractivity contribution is 8.00. The average molecular weight is 345 g/mol. The van der Waals surface area contributed by atoms with Crippen LogP contribution in [-0.2, 0) is 4.79 Å². The Bertz CT molecular complexity index is 716. The van der Waals surface area contributed by atoms with Crippen molar-refractivity contribution in [3.8, 4) is 16.6 Å². The second-order valence-corrected chi connectivity index (χ2v) is 6.86. The van der Waals surface area contributed by atoms with Gasteiger partial charge in [-0.2, -0.15) is 5.26 Å². The van der Waals surface area contributed by atoms with E-state index in [2.05, 4.69) is 11.1 Å². The van der Waals surface area contributed by atoms with Crippen molar-refractivity contribution in [1.82, 2.24) is 9.88 Å². The van der Waals surface area contributed by atoms with Crippen LogP contribution in [0.3, 0.4) is 0 Å². The molecule has 0 bridgehead atoms. The van der Waals surface area contributed by atoms with E-state index in [4.69, 9.17) is 0 Å². The van der Waals surface area contributed by atoms with Gasteiger partial charge in [-0.05, 0) is 43.8 Å². The monoisotopic (exact) mass is 345 g/mol. The third kappa shape index (κ3) is 4.12. The maximum atomic E-state index is 12.2. The van der Waals surface area contributed by atoms with Crippen LogP contribution < -0.4 is 0 Å². The second-order valence-electron chi connectivity index (χ2n) is 4.95. The fraction of sp³-hybridized carbons (Fsp3) is 0.353. The van der Waals surface area contributed by atoms with Gasteiger partial charge in [-0.25, -0.2) is 4.98 Å². The lowest BCUT2D eigenvalue weighted by atomic mass is 10.1. The van der Waals surface area contributed by atoms with Crippen molar-refractivity contribution in [1.29, 1.82) is 5.26 Å². The van der Waals surface area contributed by atoms with Crippen molar-refractivity contribution in [2.75, 3.05) is 18.8 Å². The number of amides is 1. The third-order valence-electron chi connectivity index (χ3n) is 3.52. The number of nitriles is 1. The van der Waals surface area contributed by atoms with E-state index in [-0.39, 0.29) is 5.91 Å².